The van der Waals surface area contributed by atoms with Crippen molar-refractivity contribution < 1.29 is 23.0 Å². The minimum absolute atomic E-state index is 0.295. The van der Waals surface area contributed by atoms with Crippen LogP contribution in [0.25, 0.3) is 5.69 Å². The Hall–Kier alpha value is -3.50. The summed E-state index contributed by atoms with van der Waals surface area (Å²) in [7, 11) is 1.62. The van der Waals surface area contributed by atoms with Crippen LogP contribution in [-0.2, 0) is 4.74 Å². The Balaban J connectivity index is 1.57. The number of ether oxygens (including phenoxy) is 2. The van der Waals surface area contributed by atoms with Gasteiger partial charge < -0.3 is 14.8 Å². The molecule has 2 aromatic carbocycles. The van der Waals surface area contributed by atoms with Gasteiger partial charge in [-0.05, 0) is 43.7 Å². The van der Waals surface area contributed by atoms with Crippen molar-refractivity contribution in [1.82, 2.24) is 20.0 Å². The molecule has 1 fully saturated rings. The van der Waals surface area contributed by atoms with E-state index in [4.69, 9.17) is 9.47 Å². The third kappa shape index (κ3) is 5.83. The van der Waals surface area contributed by atoms with Gasteiger partial charge in [-0.15, -0.1) is 5.10 Å². The molecular formula is C26H31F2N5O3. The molecule has 1 saturated heterocycles. The Bertz CT molecular complexity index is 1170. The second kappa shape index (κ2) is 11.5. The van der Waals surface area contributed by atoms with E-state index < -0.39 is 17.7 Å². The maximum atomic E-state index is 14.0. The van der Waals surface area contributed by atoms with E-state index in [0.29, 0.717) is 55.7 Å². The third-order valence-corrected chi connectivity index (χ3v) is 6.23. The van der Waals surface area contributed by atoms with Crippen molar-refractivity contribution in [2.24, 2.45) is 0 Å². The maximum absolute atomic E-state index is 14.0. The van der Waals surface area contributed by atoms with Crippen LogP contribution in [0.1, 0.15) is 24.0 Å². The first-order valence-electron chi connectivity index (χ1n) is 11.9. The number of hydrogen-bond donors (Lipinski definition) is 2. The molecule has 0 radical (unpaired) electrons. The molecule has 1 aliphatic heterocycles. The summed E-state index contributed by atoms with van der Waals surface area (Å²) >= 11 is 0. The number of urea groups is 1. The van der Waals surface area contributed by atoms with Crippen molar-refractivity contribution in [1.29, 1.82) is 0 Å². The van der Waals surface area contributed by atoms with E-state index >= 15 is 0 Å². The summed E-state index contributed by atoms with van der Waals surface area (Å²) in [6.07, 6.45) is 0. The van der Waals surface area contributed by atoms with Crippen molar-refractivity contribution in [3.63, 3.8) is 0 Å². The smallest absolute Gasteiger partial charge is 0.320 e. The fraction of sp³-hybridized carbons (Fsp3) is 0.385. The molecule has 0 aliphatic carbocycles. The summed E-state index contributed by atoms with van der Waals surface area (Å²) in [6.45, 7) is 6.33. The number of nitrogens with zero attached hydrogens (tertiary/aromatic N) is 3. The molecule has 2 amide bonds. The molecule has 36 heavy (non-hydrogen) atoms. The topological polar surface area (TPSA) is 80.6 Å². The SMILES string of the molecule is CCOc1nn(-c2ccccc2)c(NC(=O)N[C@@H]2CN(CCOC)C[C@H]2c2cc(F)cc(F)c2)c1C. The van der Waals surface area contributed by atoms with Gasteiger partial charge in [-0.25, -0.2) is 18.3 Å². The molecule has 0 bridgehead atoms. The van der Waals surface area contributed by atoms with Crippen molar-refractivity contribution >= 4 is 11.8 Å². The molecule has 1 aromatic heterocycles. The number of para-hydroxylation sites is 1. The van der Waals surface area contributed by atoms with E-state index in [-0.39, 0.29) is 12.0 Å². The van der Waals surface area contributed by atoms with Gasteiger partial charge in [0.2, 0.25) is 5.88 Å². The molecule has 2 atom stereocenters. The third-order valence-electron chi connectivity index (χ3n) is 6.23. The molecule has 2 N–H and O–H groups in total. The second-order valence-corrected chi connectivity index (χ2v) is 8.73. The van der Waals surface area contributed by atoms with Crippen LogP contribution < -0.4 is 15.4 Å². The van der Waals surface area contributed by atoms with Gasteiger partial charge in [0.15, 0.2) is 0 Å². The van der Waals surface area contributed by atoms with E-state index in [1.165, 1.54) is 12.1 Å². The number of hydrogen-bond acceptors (Lipinski definition) is 5. The molecule has 0 spiro atoms. The summed E-state index contributed by atoms with van der Waals surface area (Å²) in [4.78, 5) is 15.3. The van der Waals surface area contributed by atoms with Crippen molar-refractivity contribution in [2.75, 3.05) is 45.3 Å². The van der Waals surface area contributed by atoms with Crippen LogP contribution in [-0.4, -0.2) is 66.7 Å². The van der Waals surface area contributed by atoms with Crippen LogP contribution in [0.3, 0.4) is 0 Å². The molecule has 2 heterocycles. The van der Waals surface area contributed by atoms with Crippen LogP contribution in [0.15, 0.2) is 48.5 Å². The normalized spacial score (nSPS) is 17.8. The molecule has 3 aromatic rings. The number of anilines is 1. The maximum Gasteiger partial charge on any atom is 0.320 e. The Morgan fingerprint density at radius 3 is 2.53 bits per heavy atom. The number of aromatic nitrogens is 2. The Kier molecular flexibility index (Phi) is 8.17. The summed E-state index contributed by atoms with van der Waals surface area (Å²) < 4.78 is 40.4. The molecule has 8 nitrogen and oxygen atoms in total. The standard InChI is InChI=1S/C26H31F2N5O3/c1-4-36-25-17(2)24(33(31-25)21-8-6-5-7-9-21)30-26(34)29-23-16-32(10-11-35-3)15-22(23)18-12-19(27)14-20(28)13-18/h5-9,12-14,22-23H,4,10-11,15-16H2,1-3H3,(H2,29,30,34)/t22-,23+/m0/s1. The van der Waals surface area contributed by atoms with Gasteiger partial charge >= 0.3 is 6.03 Å². The van der Waals surface area contributed by atoms with Crippen LogP contribution in [0, 0.1) is 18.6 Å². The zero-order valence-corrected chi connectivity index (χ0v) is 20.6. The predicted molar refractivity (Wildman–Crippen MR) is 133 cm³/mol. The minimum Gasteiger partial charge on any atom is -0.477 e. The summed E-state index contributed by atoms with van der Waals surface area (Å²) in [5, 5.41) is 10.5. The molecule has 192 valence electrons. The van der Waals surface area contributed by atoms with Gasteiger partial charge in [-0.2, -0.15) is 0 Å². The van der Waals surface area contributed by atoms with E-state index in [1.807, 2.05) is 44.2 Å². The Labute approximate surface area is 209 Å². The van der Waals surface area contributed by atoms with Crippen LogP contribution in [0.2, 0.25) is 0 Å². The Morgan fingerprint density at radius 1 is 1.14 bits per heavy atom. The molecule has 0 unspecified atom stereocenters. The molecule has 0 saturated carbocycles. The lowest BCUT2D eigenvalue weighted by Crippen LogP contribution is -2.42. The lowest BCUT2D eigenvalue weighted by molar-refractivity contribution is 0.159. The fourth-order valence-corrected chi connectivity index (χ4v) is 4.53. The molecule has 4 rings (SSSR count). The zero-order chi connectivity index (χ0) is 25.7. The minimum atomic E-state index is -0.644. The highest BCUT2D eigenvalue weighted by Crippen LogP contribution is 2.30. The zero-order valence-electron chi connectivity index (χ0n) is 20.6. The monoisotopic (exact) mass is 499 g/mol. The second-order valence-electron chi connectivity index (χ2n) is 8.73. The number of halogens is 2. The highest BCUT2D eigenvalue weighted by atomic mass is 19.1. The highest BCUT2D eigenvalue weighted by molar-refractivity contribution is 5.90. The van der Waals surface area contributed by atoms with E-state index in [0.717, 1.165) is 11.8 Å². The Morgan fingerprint density at radius 2 is 1.86 bits per heavy atom. The number of methoxy groups -OCH3 is 1. The van der Waals surface area contributed by atoms with Gasteiger partial charge in [0.1, 0.15) is 17.5 Å². The number of carbonyl (C=O) groups is 1. The molecular weight excluding hydrogens is 468 g/mol. The number of amides is 2. The first-order chi connectivity index (χ1) is 17.4. The average molecular weight is 500 g/mol. The number of rotatable bonds is 9. The van der Waals surface area contributed by atoms with Gasteiger partial charge in [0, 0.05) is 38.7 Å². The quantitative estimate of drug-likeness (QED) is 0.464. The number of benzene rings is 2. The first-order valence-corrected chi connectivity index (χ1v) is 11.9. The first kappa shape index (κ1) is 25.6. The van der Waals surface area contributed by atoms with Crippen molar-refractivity contribution in [3.05, 3.63) is 71.3 Å². The van der Waals surface area contributed by atoms with E-state index in [1.54, 1.807) is 11.8 Å². The lowest BCUT2D eigenvalue weighted by atomic mass is 9.94. The van der Waals surface area contributed by atoms with E-state index in [2.05, 4.69) is 20.6 Å². The van der Waals surface area contributed by atoms with Crippen LogP contribution in [0.4, 0.5) is 19.4 Å². The van der Waals surface area contributed by atoms with Gasteiger partial charge in [0.25, 0.3) is 0 Å². The van der Waals surface area contributed by atoms with Crippen molar-refractivity contribution in [3.8, 4) is 11.6 Å². The van der Waals surface area contributed by atoms with Crippen LogP contribution in [0.5, 0.6) is 5.88 Å². The predicted octanol–water partition coefficient (Wildman–Crippen LogP) is 4.09. The number of carbonyl (C=O) groups excluding carboxylic acids is 1. The van der Waals surface area contributed by atoms with Crippen molar-refractivity contribution in [2.45, 2.75) is 25.8 Å². The summed E-state index contributed by atoms with van der Waals surface area (Å²) in [6, 6.07) is 12.1. The summed E-state index contributed by atoms with van der Waals surface area (Å²) in [5.41, 5.74) is 1.95. The summed E-state index contributed by atoms with van der Waals surface area (Å²) in [5.74, 6) is -0.679. The van der Waals surface area contributed by atoms with Crippen LogP contribution >= 0.6 is 0 Å². The molecule has 1 aliphatic rings. The lowest BCUT2D eigenvalue weighted by Gasteiger charge is -2.21. The van der Waals surface area contributed by atoms with E-state index in [9.17, 15) is 13.6 Å². The number of nitrogens with one attached hydrogen (secondary N) is 2. The fourth-order valence-electron chi connectivity index (χ4n) is 4.53. The highest BCUT2D eigenvalue weighted by Gasteiger charge is 2.35. The largest absolute Gasteiger partial charge is 0.477 e. The average Bonchev–Trinajstić information content (AvgIpc) is 3.39. The van der Waals surface area contributed by atoms with Gasteiger partial charge in [0.05, 0.1) is 30.5 Å². The van der Waals surface area contributed by atoms with Gasteiger partial charge in [-0.1, -0.05) is 18.2 Å². The molecule has 10 heteroatoms. The van der Waals surface area contributed by atoms with Gasteiger partial charge in [-0.3, -0.25) is 10.2 Å². The number of likely N-dealkylation sites (tertiary alicyclic amines) is 1.